The standard InChI is InChI=1S/C12H24N4O/c1-4-14-16(5-2)12(11(13)10(3)17)15-8-6-7-9-15/h12-14H,4-9H2,1-3H3. The van der Waals surface area contributed by atoms with Crippen LogP contribution < -0.4 is 5.43 Å². The van der Waals surface area contributed by atoms with E-state index in [0.29, 0.717) is 0 Å². The predicted molar refractivity (Wildman–Crippen MR) is 69.1 cm³/mol. The summed E-state index contributed by atoms with van der Waals surface area (Å²) in [6.07, 6.45) is 2.11. The zero-order chi connectivity index (χ0) is 12.8. The largest absolute Gasteiger partial charge is 0.299 e. The van der Waals surface area contributed by atoms with E-state index in [4.69, 9.17) is 5.41 Å². The number of hydrogen-bond donors (Lipinski definition) is 2. The van der Waals surface area contributed by atoms with E-state index in [1.807, 2.05) is 18.9 Å². The highest BCUT2D eigenvalue weighted by Crippen LogP contribution is 2.15. The molecule has 0 aromatic carbocycles. The summed E-state index contributed by atoms with van der Waals surface area (Å²) in [5.74, 6) is -0.141. The third-order valence-electron chi connectivity index (χ3n) is 3.12. The van der Waals surface area contributed by atoms with Crippen LogP contribution in [0.5, 0.6) is 0 Å². The zero-order valence-electron chi connectivity index (χ0n) is 11.1. The number of hydrogen-bond acceptors (Lipinski definition) is 5. The number of Topliss-reactive ketones (excluding diaryl/α,β-unsaturated/α-hetero) is 1. The fourth-order valence-electron chi connectivity index (χ4n) is 2.28. The van der Waals surface area contributed by atoms with Crippen molar-refractivity contribution in [3.8, 4) is 0 Å². The molecule has 98 valence electrons. The first kappa shape index (κ1) is 14.3. The predicted octanol–water partition coefficient (Wildman–Crippen LogP) is 0.863. The molecule has 0 aliphatic carbocycles. The molecule has 1 atom stereocenters. The maximum atomic E-state index is 11.5. The van der Waals surface area contributed by atoms with Crippen LogP contribution in [0.3, 0.4) is 0 Å². The van der Waals surface area contributed by atoms with Gasteiger partial charge in [-0.25, -0.2) is 5.01 Å². The maximum absolute atomic E-state index is 11.5. The lowest BCUT2D eigenvalue weighted by Gasteiger charge is -2.36. The molecule has 5 heteroatoms. The number of ketones is 1. The average molecular weight is 240 g/mol. The lowest BCUT2D eigenvalue weighted by atomic mass is 10.2. The fraction of sp³-hybridized carbons (Fsp3) is 0.833. The van der Waals surface area contributed by atoms with Crippen LogP contribution in [0, 0.1) is 5.41 Å². The quantitative estimate of drug-likeness (QED) is 0.512. The van der Waals surface area contributed by atoms with E-state index in [2.05, 4.69) is 10.3 Å². The third kappa shape index (κ3) is 3.59. The lowest BCUT2D eigenvalue weighted by Crippen LogP contribution is -2.58. The van der Waals surface area contributed by atoms with Gasteiger partial charge in [0.25, 0.3) is 0 Å². The first-order valence-electron chi connectivity index (χ1n) is 6.45. The van der Waals surface area contributed by atoms with Gasteiger partial charge in [-0.1, -0.05) is 13.8 Å². The minimum absolute atomic E-state index is 0.141. The molecular weight excluding hydrogens is 216 g/mol. The van der Waals surface area contributed by atoms with Crippen molar-refractivity contribution in [3.63, 3.8) is 0 Å². The summed E-state index contributed by atoms with van der Waals surface area (Å²) >= 11 is 0. The van der Waals surface area contributed by atoms with Crippen molar-refractivity contribution < 1.29 is 4.79 Å². The number of carbonyl (C=O) groups is 1. The molecule has 0 bridgehead atoms. The summed E-state index contributed by atoms with van der Waals surface area (Å²) in [7, 11) is 0. The molecule has 1 saturated heterocycles. The van der Waals surface area contributed by atoms with Crippen LogP contribution in [-0.2, 0) is 4.79 Å². The Labute approximate surface area is 104 Å². The molecule has 1 heterocycles. The van der Waals surface area contributed by atoms with E-state index < -0.39 is 0 Å². The molecule has 5 nitrogen and oxygen atoms in total. The second-order valence-corrected chi connectivity index (χ2v) is 4.38. The van der Waals surface area contributed by atoms with E-state index in [0.717, 1.165) is 39.0 Å². The van der Waals surface area contributed by atoms with Gasteiger partial charge in [-0.2, -0.15) is 0 Å². The van der Waals surface area contributed by atoms with E-state index >= 15 is 0 Å². The molecule has 1 rings (SSSR count). The maximum Gasteiger partial charge on any atom is 0.176 e. The number of likely N-dealkylation sites (tertiary alicyclic amines) is 1. The number of rotatable bonds is 7. The highest BCUT2D eigenvalue weighted by atomic mass is 16.1. The third-order valence-corrected chi connectivity index (χ3v) is 3.12. The Hall–Kier alpha value is -0.780. The summed E-state index contributed by atoms with van der Waals surface area (Å²) in [5, 5.41) is 10.00. The van der Waals surface area contributed by atoms with Gasteiger partial charge in [-0.15, -0.1) is 0 Å². The highest BCUT2D eigenvalue weighted by Gasteiger charge is 2.31. The molecule has 2 N–H and O–H groups in total. The Morgan fingerprint density at radius 3 is 2.41 bits per heavy atom. The fourth-order valence-corrected chi connectivity index (χ4v) is 2.28. The Kier molecular flexibility index (Phi) is 5.74. The second-order valence-electron chi connectivity index (χ2n) is 4.38. The van der Waals surface area contributed by atoms with Gasteiger partial charge in [-0.3, -0.25) is 20.5 Å². The number of carbonyl (C=O) groups excluding carboxylic acids is 1. The van der Waals surface area contributed by atoms with Crippen LogP contribution in [0.1, 0.15) is 33.6 Å². The van der Waals surface area contributed by atoms with Gasteiger partial charge in [0.2, 0.25) is 0 Å². The first-order chi connectivity index (χ1) is 8.11. The summed E-state index contributed by atoms with van der Waals surface area (Å²) in [5.41, 5.74) is 3.43. The number of nitrogens with zero attached hydrogens (tertiary/aromatic N) is 2. The number of hydrazine groups is 1. The molecule has 0 radical (unpaired) electrons. The van der Waals surface area contributed by atoms with Crippen molar-refractivity contribution in [2.24, 2.45) is 0 Å². The monoisotopic (exact) mass is 240 g/mol. The molecule has 17 heavy (non-hydrogen) atoms. The first-order valence-corrected chi connectivity index (χ1v) is 6.45. The SMILES string of the molecule is CCNN(CC)C(C(=N)C(C)=O)N1CCCC1. The minimum Gasteiger partial charge on any atom is -0.299 e. The summed E-state index contributed by atoms with van der Waals surface area (Å²) in [4.78, 5) is 13.7. The van der Waals surface area contributed by atoms with Crippen molar-refractivity contribution in [2.75, 3.05) is 26.2 Å². The Morgan fingerprint density at radius 2 is 2.00 bits per heavy atom. The molecule has 1 aliphatic heterocycles. The van der Waals surface area contributed by atoms with E-state index in [1.165, 1.54) is 6.92 Å². The molecule has 0 spiro atoms. The average Bonchev–Trinajstić information content (AvgIpc) is 2.81. The molecular formula is C12H24N4O. The minimum atomic E-state index is -0.208. The van der Waals surface area contributed by atoms with E-state index in [9.17, 15) is 4.79 Å². The van der Waals surface area contributed by atoms with Gasteiger partial charge in [-0.05, 0) is 12.8 Å². The van der Waals surface area contributed by atoms with Crippen molar-refractivity contribution in [1.29, 1.82) is 5.41 Å². The van der Waals surface area contributed by atoms with Crippen molar-refractivity contribution in [2.45, 2.75) is 39.8 Å². The molecule has 1 unspecified atom stereocenters. The van der Waals surface area contributed by atoms with Gasteiger partial charge in [0.1, 0.15) is 11.9 Å². The Balaban J connectivity index is 2.82. The van der Waals surface area contributed by atoms with Crippen LogP contribution in [0.15, 0.2) is 0 Å². The van der Waals surface area contributed by atoms with Gasteiger partial charge in [0.05, 0.1) is 0 Å². The van der Waals surface area contributed by atoms with Crippen LogP contribution >= 0.6 is 0 Å². The van der Waals surface area contributed by atoms with Crippen molar-refractivity contribution in [3.05, 3.63) is 0 Å². The second kappa shape index (κ2) is 6.83. The Bertz CT molecular complexity index is 274. The highest BCUT2D eigenvalue weighted by molar-refractivity contribution is 6.39. The molecule has 1 aliphatic rings. The Morgan fingerprint density at radius 1 is 1.41 bits per heavy atom. The topological polar surface area (TPSA) is 59.4 Å². The van der Waals surface area contributed by atoms with Crippen molar-refractivity contribution >= 4 is 11.5 Å². The van der Waals surface area contributed by atoms with Gasteiger partial charge in [0, 0.05) is 33.1 Å². The van der Waals surface area contributed by atoms with Gasteiger partial charge in [0.15, 0.2) is 5.78 Å². The van der Waals surface area contributed by atoms with E-state index in [-0.39, 0.29) is 17.7 Å². The van der Waals surface area contributed by atoms with Gasteiger partial charge >= 0.3 is 0 Å². The molecule has 1 fully saturated rings. The molecule has 0 aromatic rings. The van der Waals surface area contributed by atoms with E-state index in [1.54, 1.807) is 0 Å². The van der Waals surface area contributed by atoms with Gasteiger partial charge < -0.3 is 0 Å². The van der Waals surface area contributed by atoms with Crippen molar-refractivity contribution in [1.82, 2.24) is 15.3 Å². The molecule has 0 amide bonds. The summed E-state index contributed by atoms with van der Waals surface area (Å²) < 4.78 is 0. The van der Waals surface area contributed by atoms with Crippen LogP contribution in [0.2, 0.25) is 0 Å². The van der Waals surface area contributed by atoms with Crippen LogP contribution in [0.25, 0.3) is 0 Å². The summed E-state index contributed by atoms with van der Waals surface area (Å²) in [6, 6.07) is 0. The van der Waals surface area contributed by atoms with Crippen LogP contribution in [-0.4, -0.2) is 53.7 Å². The normalized spacial score (nSPS) is 18.6. The smallest absolute Gasteiger partial charge is 0.176 e. The lowest BCUT2D eigenvalue weighted by molar-refractivity contribution is -0.112. The summed E-state index contributed by atoms with van der Waals surface area (Å²) in [6.45, 7) is 9.09. The molecule has 0 saturated carbocycles. The zero-order valence-corrected chi connectivity index (χ0v) is 11.1. The number of nitrogens with one attached hydrogen (secondary N) is 2. The molecule has 0 aromatic heterocycles. The van der Waals surface area contributed by atoms with Crippen LogP contribution in [0.4, 0.5) is 0 Å².